The second-order valence-electron chi connectivity index (χ2n) is 8.78. The first-order valence-electron chi connectivity index (χ1n) is 11.3. The van der Waals surface area contributed by atoms with Crippen LogP contribution >= 0.6 is 0 Å². The molecule has 3 aromatic heterocycles. The topological polar surface area (TPSA) is 140 Å². The van der Waals surface area contributed by atoms with E-state index in [9.17, 15) is 13.2 Å². The number of nitrogens with zero attached hydrogens (tertiary/aromatic N) is 4. The molecule has 4 rings (SSSR count). The Morgan fingerprint density at radius 2 is 1.94 bits per heavy atom. The SMILES string of the molecule is CC(C)Oc1ccc(-c2ccc(C(=O)NS(=O)(=O)c3cccc(N)n3)c(N(C)CC3CC3)n2)cn1. The number of ether oxygens (including phenoxy) is 1. The van der Waals surface area contributed by atoms with Crippen molar-refractivity contribution in [3.63, 3.8) is 0 Å². The van der Waals surface area contributed by atoms with Crippen molar-refractivity contribution in [3.05, 3.63) is 54.2 Å². The van der Waals surface area contributed by atoms with Gasteiger partial charge < -0.3 is 15.4 Å². The molecule has 3 N–H and O–H groups in total. The monoisotopic (exact) mass is 496 g/mol. The summed E-state index contributed by atoms with van der Waals surface area (Å²) in [5.41, 5.74) is 7.08. The summed E-state index contributed by atoms with van der Waals surface area (Å²) in [6, 6.07) is 11.0. The molecule has 1 saturated carbocycles. The van der Waals surface area contributed by atoms with Gasteiger partial charge in [-0.3, -0.25) is 4.79 Å². The number of aromatic nitrogens is 3. The van der Waals surface area contributed by atoms with Crippen LogP contribution in [0.1, 0.15) is 37.0 Å². The Labute approximate surface area is 204 Å². The maximum absolute atomic E-state index is 13.1. The first kappa shape index (κ1) is 24.4. The zero-order valence-corrected chi connectivity index (χ0v) is 20.6. The van der Waals surface area contributed by atoms with Gasteiger partial charge in [-0.05, 0) is 62.9 Å². The lowest BCUT2D eigenvalue weighted by Crippen LogP contribution is -2.33. The molecule has 0 saturated heterocycles. The van der Waals surface area contributed by atoms with Gasteiger partial charge in [-0.1, -0.05) is 6.07 Å². The Morgan fingerprint density at radius 1 is 1.17 bits per heavy atom. The Hall–Kier alpha value is -3.73. The highest BCUT2D eigenvalue weighted by Gasteiger charge is 2.28. The highest BCUT2D eigenvalue weighted by molar-refractivity contribution is 7.90. The van der Waals surface area contributed by atoms with Crippen LogP contribution in [-0.4, -0.2) is 49.0 Å². The normalized spacial score (nSPS) is 13.5. The van der Waals surface area contributed by atoms with E-state index in [4.69, 9.17) is 15.5 Å². The van der Waals surface area contributed by atoms with Crippen molar-refractivity contribution in [1.82, 2.24) is 19.7 Å². The summed E-state index contributed by atoms with van der Waals surface area (Å²) >= 11 is 0. The molecule has 1 aliphatic carbocycles. The van der Waals surface area contributed by atoms with E-state index in [0.717, 1.165) is 18.4 Å². The van der Waals surface area contributed by atoms with Crippen LogP contribution in [-0.2, 0) is 10.0 Å². The lowest BCUT2D eigenvalue weighted by atomic mass is 10.1. The summed E-state index contributed by atoms with van der Waals surface area (Å²) in [4.78, 5) is 27.8. The summed E-state index contributed by atoms with van der Waals surface area (Å²) in [6.45, 7) is 4.55. The van der Waals surface area contributed by atoms with Crippen molar-refractivity contribution in [2.45, 2.75) is 37.8 Å². The Kier molecular flexibility index (Phi) is 6.88. The lowest BCUT2D eigenvalue weighted by molar-refractivity contribution is 0.0981. The molecule has 184 valence electrons. The minimum Gasteiger partial charge on any atom is -0.475 e. The van der Waals surface area contributed by atoms with Crippen molar-refractivity contribution in [2.24, 2.45) is 5.92 Å². The fourth-order valence-corrected chi connectivity index (χ4v) is 4.45. The van der Waals surface area contributed by atoms with Gasteiger partial charge in [0.1, 0.15) is 11.6 Å². The van der Waals surface area contributed by atoms with E-state index < -0.39 is 15.9 Å². The molecule has 11 heteroatoms. The number of nitrogens with two attached hydrogens (primary N) is 1. The second-order valence-corrected chi connectivity index (χ2v) is 10.4. The quantitative estimate of drug-likeness (QED) is 0.457. The smallest absolute Gasteiger partial charge is 0.281 e. The summed E-state index contributed by atoms with van der Waals surface area (Å²) in [6.07, 6.45) is 3.89. The first-order valence-corrected chi connectivity index (χ1v) is 12.8. The van der Waals surface area contributed by atoms with Crippen LogP contribution in [0.3, 0.4) is 0 Å². The van der Waals surface area contributed by atoms with Crippen LogP contribution in [0.4, 0.5) is 11.6 Å². The van der Waals surface area contributed by atoms with E-state index in [2.05, 4.69) is 14.7 Å². The molecule has 1 fully saturated rings. The summed E-state index contributed by atoms with van der Waals surface area (Å²) in [5.74, 6) is 0.645. The van der Waals surface area contributed by atoms with Crippen molar-refractivity contribution < 1.29 is 17.9 Å². The molecule has 0 aliphatic heterocycles. The van der Waals surface area contributed by atoms with Crippen LogP contribution < -0.4 is 20.1 Å². The molecule has 3 heterocycles. The molecular formula is C24H28N6O4S. The molecule has 0 unspecified atom stereocenters. The number of carbonyl (C=O) groups excluding carboxylic acids is 1. The molecule has 35 heavy (non-hydrogen) atoms. The van der Waals surface area contributed by atoms with E-state index in [-0.39, 0.29) is 22.5 Å². The predicted molar refractivity (Wildman–Crippen MR) is 133 cm³/mol. The summed E-state index contributed by atoms with van der Waals surface area (Å²) < 4.78 is 33.1. The maximum Gasteiger partial charge on any atom is 0.281 e. The maximum atomic E-state index is 13.1. The average Bonchev–Trinajstić information content (AvgIpc) is 3.62. The summed E-state index contributed by atoms with van der Waals surface area (Å²) in [7, 11) is -2.38. The third-order valence-electron chi connectivity index (χ3n) is 5.35. The van der Waals surface area contributed by atoms with Gasteiger partial charge >= 0.3 is 0 Å². The number of nitrogen functional groups attached to an aromatic ring is 1. The van der Waals surface area contributed by atoms with Crippen molar-refractivity contribution in [1.29, 1.82) is 0 Å². The lowest BCUT2D eigenvalue weighted by Gasteiger charge is -2.21. The number of hydrogen-bond acceptors (Lipinski definition) is 9. The Bertz CT molecular complexity index is 1320. The molecule has 1 aliphatic rings. The molecule has 0 bridgehead atoms. The molecule has 0 aromatic carbocycles. The van der Waals surface area contributed by atoms with E-state index in [0.29, 0.717) is 29.9 Å². The second kappa shape index (κ2) is 9.87. The van der Waals surface area contributed by atoms with Crippen molar-refractivity contribution >= 4 is 27.6 Å². The van der Waals surface area contributed by atoms with Gasteiger partial charge in [-0.2, -0.15) is 8.42 Å². The minimum absolute atomic E-state index is 0.00533. The zero-order valence-electron chi connectivity index (χ0n) is 19.8. The predicted octanol–water partition coefficient (Wildman–Crippen LogP) is 2.87. The highest BCUT2D eigenvalue weighted by Crippen LogP contribution is 2.32. The van der Waals surface area contributed by atoms with Crippen LogP contribution in [0, 0.1) is 5.92 Å². The largest absolute Gasteiger partial charge is 0.475 e. The zero-order chi connectivity index (χ0) is 25.2. The third kappa shape index (κ3) is 6.04. The van der Waals surface area contributed by atoms with Gasteiger partial charge in [0, 0.05) is 31.4 Å². The molecule has 0 spiro atoms. The number of pyridine rings is 3. The molecule has 3 aromatic rings. The molecular weight excluding hydrogens is 468 g/mol. The van der Waals surface area contributed by atoms with Crippen LogP contribution in [0.25, 0.3) is 11.3 Å². The van der Waals surface area contributed by atoms with Gasteiger partial charge in [0.15, 0.2) is 5.03 Å². The van der Waals surface area contributed by atoms with E-state index in [1.807, 2.05) is 31.9 Å². The highest BCUT2D eigenvalue weighted by atomic mass is 32.2. The van der Waals surface area contributed by atoms with Gasteiger partial charge in [-0.25, -0.2) is 19.7 Å². The van der Waals surface area contributed by atoms with Gasteiger partial charge in [0.25, 0.3) is 15.9 Å². The fourth-order valence-electron chi connectivity index (χ4n) is 3.50. The molecule has 0 atom stereocenters. The number of carbonyl (C=O) groups is 1. The van der Waals surface area contributed by atoms with E-state index >= 15 is 0 Å². The number of rotatable bonds is 9. The van der Waals surface area contributed by atoms with Crippen LogP contribution in [0.5, 0.6) is 5.88 Å². The number of nitrogens with one attached hydrogen (secondary N) is 1. The third-order valence-corrected chi connectivity index (χ3v) is 6.58. The summed E-state index contributed by atoms with van der Waals surface area (Å²) in [5, 5.41) is -0.335. The number of hydrogen-bond donors (Lipinski definition) is 2. The molecule has 10 nitrogen and oxygen atoms in total. The fraction of sp³-hybridized carbons (Fsp3) is 0.333. The Balaban J connectivity index is 1.65. The van der Waals surface area contributed by atoms with Crippen LogP contribution in [0.2, 0.25) is 0 Å². The van der Waals surface area contributed by atoms with Crippen LogP contribution in [0.15, 0.2) is 53.7 Å². The van der Waals surface area contributed by atoms with Gasteiger partial charge in [-0.15, -0.1) is 0 Å². The molecule has 1 amide bonds. The number of anilines is 2. The standard InChI is InChI=1S/C24H28N6O4S/c1-15(2)34-21-12-9-17(13-26-21)19-11-10-18(23(27-19)30(3)14-16-7-8-16)24(31)29-35(32,33)22-6-4-5-20(25)28-22/h4-6,9-13,15-16H,7-8,14H2,1-3H3,(H2,25,28)(H,29,31). The Morgan fingerprint density at radius 3 is 2.57 bits per heavy atom. The van der Waals surface area contributed by atoms with Crippen molar-refractivity contribution in [3.8, 4) is 17.1 Å². The van der Waals surface area contributed by atoms with Gasteiger partial charge in [0.2, 0.25) is 5.88 Å². The average molecular weight is 497 g/mol. The van der Waals surface area contributed by atoms with Gasteiger partial charge in [0.05, 0.1) is 17.4 Å². The van der Waals surface area contributed by atoms with E-state index in [1.165, 1.54) is 18.2 Å². The molecule has 0 radical (unpaired) electrons. The number of sulfonamides is 1. The van der Waals surface area contributed by atoms with E-state index in [1.54, 1.807) is 24.4 Å². The number of amides is 1. The first-order chi connectivity index (χ1) is 16.6. The van der Waals surface area contributed by atoms with Crippen molar-refractivity contribution in [2.75, 3.05) is 24.2 Å². The minimum atomic E-state index is -4.22.